The first-order valence-electron chi connectivity index (χ1n) is 15.6. The molecular formula is C36H33ClFN7O2. The van der Waals surface area contributed by atoms with Gasteiger partial charge in [0.25, 0.3) is 0 Å². The van der Waals surface area contributed by atoms with Gasteiger partial charge < -0.3 is 10.2 Å². The van der Waals surface area contributed by atoms with Crippen molar-refractivity contribution < 1.29 is 14.0 Å². The van der Waals surface area contributed by atoms with E-state index in [1.165, 1.54) is 17.7 Å². The van der Waals surface area contributed by atoms with Crippen LogP contribution in [0.25, 0.3) is 39.1 Å². The third kappa shape index (κ3) is 6.39. The molecule has 3 aromatic carbocycles. The van der Waals surface area contributed by atoms with Gasteiger partial charge in [-0.15, -0.1) is 11.6 Å². The first-order valence-corrected chi connectivity index (χ1v) is 16.1. The van der Waals surface area contributed by atoms with Crippen molar-refractivity contribution in [1.29, 1.82) is 0 Å². The summed E-state index contributed by atoms with van der Waals surface area (Å²) in [5.41, 5.74) is 5.34. The van der Waals surface area contributed by atoms with Crippen LogP contribution in [0, 0.1) is 11.2 Å². The second-order valence-electron chi connectivity index (χ2n) is 12.1. The standard InChI is InChI=1S/C36H33ClFN7O2/c37-22-36(35(47)41-29-10-11-31-30(20-29)33(43-42-31)26-6-8-28(38)9-7-26)14-19-44(23-36)21-32(46)45-17-12-25(13-18-45)24-2-4-27(5-3-24)34-39-15-1-16-40-34/h1-12,15-16,20H,13-14,17-19,21-23H2,(H,41,47)(H,42,43)/t36-/m0/s1. The molecule has 0 unspecified atom stereocenters. The van der Waals surface area contributed by atoms with Crippen LogP contribution < -0.4 is 5.32 Å². The van der Waals surface area contributed by atoms with Crippen LogP contribution in [-0.4, -0.2) is 80.4 Å². The Hall–Kier alpha value is -4.93. The Morgan fingerprint density at radius 1 is 0.957 bits per heavy atom. The highest BCUT2D eigenvalue weighted by atomic mass is 35.5. The highest BCUT2D eigenvalue weighted by Gasteiger charge is 2.44. The van der Waals surface area contributed by atoms with E-state index in [-0.39, 0.29) is 30.1 Å². The van der Waals surface area contributed by atoms with Crippen LogP contribution in [-0.2, 0) is 9.59 Å². The Morgan fingerprint density at radius 3 is 2.43 bits per heavy atom. The summed E-state index contributed by atoms with van der Waals surface area (Å²) < 4.78 is 13.5. The fourth-order valence-electron chi connectivity index (χ4n) is 6.36. The Bertz CT molecular complexity index is 1950. The van der Waals surface area contributed by atoms with Crippen LogP contribution in [0.2, 0.25) is 0 Å². The van der Waals surface area contributed by atoms with Gasteiger partial charge in [0, 0.05) is 60.1 Å². The van der Waals surface area contributed by atoms with Gasteiger partial charge in [-0.25, -0.2) is 14.4 Å². The van der Waals surface area contributed by atoms with Crippen molar-refractivity contribution in [3.8, 4) is 22.6 Å². The lowest BCUT2D eigenvalue weighted by atomic mass is 9.88. The second kappa shape index (κ2) is 13.1. The predicted octanol–water partition coefficient (Wildman–Crippen LogP) is 6.01. The van der Waals surface area contributed by atoms with Crippen molar-refractivity contribution in [2.24, 2.45) is 5.41 Å². The normalized spacial score (nSPS) is 18.3. The van der Waals surface area contributed by atoms with Gasteiger partial charge in [0.05, 0.1) is 23.2 Å². The Morgan fingerprint density at radius 2 is 1.70 bits per heavy atom. The number of halogens is 2. The van der Waals surface area contributed by atoms with E-state index in [9.17, 15) is 14.0 Å². The molecule has 2 amide bonds. The average Bonchev–Trinajstić information content (AvgIpc) is 3.74. The van der Waals surface area contributed by atoms with Gasteiger partial charge in [0.2, 0.25) is 11.8 Å². The van der Waals surface area contributed by atoms with Gasteiger partial charge in [0.15, 0.2) is 5.82 Å². The third-order valence-corrected chi connectivity index (χ3v) is 9.62. The van der Waals surface area contributed by atoms with Gasteiger partial charge in [-0.1, -0.05) is 30.3 Å². The molecule has 1 saturated heterocycles. The van der Waals surface area contributed by atoms with Crippen molar-refractivity contribution in [3.63, 3.8) is 0 Å². The number of rotatable bonds is 8. The number of amides is 2. The lowest BCUT2D eigenvalue weighted by molar-refractivity contribution is -0.132. The summed E-state index contributed by atoms with van der Waals surface area (Å²) in [6.07, 6.45) is 6.90. The third-order valence-electron chi connectivity index (χ3n) is 9.11. The number of aromatic nitrogens is 4. The number of alkyl halides is 1. The largest absolute Gasteiger partial charge is 0.338 e. The molecule has 1 fully saturated rings. The number of anilines is 1. The zero-order chi connectivity index (χ0) is 32.4. The lowest BCUT2D eigenvalue weighted by Gasteiger charge is -2.29. The maximum atomic E-state index is 13.6. The molecule has 0 saturated carbocycles. The van der Waals surface area contributed by atoms with Crippen LogP contribution in [0.1, 0.15) is 18.4 Å². The van der Waals surface area contributed by atoms with Crippen molar-refractivity contribution in [2.75, 3.05) is 43.9 Å². The minimum Gasteiger partial charge on any atom is -0.338 e. The number of likely N-dealkylation sites (tertiary alicyclic amines) is 1. The molecule has 11 heteroatoms. The molecule has 9 nitrogen and oxygen atoms in total. The number of carbonyl (C=O) groups excluding carboxylic acids is 2. The summed E-state index contributed by atoms with van der Waals surface area (Å²) >= 11 is 6.45. The van der Waals surface area contributed by atoms with Crippen molar-refractivity contribution in [2.45, 2.75) is 12.8 Å². The summed E-state index contributed by atoms with van der Waals surface area (Å²) in [7, 11) is 0. The predicted molar refractivity (Wildman–Crippen MR) is 181 cm³/mol. The Balaban J connectivity index is 0.960. The summed E-state index contributed by atoms with van der Waals surface area (Å²) in [6.45, 7) is 2.43. The first kappa shape index (κ1) is 30.7. The lowest BCUT2D eigenvalue weighted by Crippen LogP contribution is -2.44. The monoisotopic (exact) mass is 649 g/mol. The minimum absolute atomic E-state index is 0.0430. The molecular weight excluding hydrogens is 617 g/mol. The van der Waals surface area contributed by atoms with E-state index < -0.39 is 5.41 Å². The number of benzene rings is 3. The Kier molecular flexibility index (Phi) is 8.53. The molecule has 0 aliphatic carbocycles. The summed E-state index contributed by atoms with van der Waals surface area (Å²) in [5.74, 6) is 0.382. The molecule has 7 rings (SSSR count). The van der Waals surface area contributed by atoms with E-state index in [0.29, 0.717) is 49.8 Å². The van der Waals surface area contributed by atoms with Crippen LogP contribution in [0.4, 0.5) is 10.1 Å². The molecule has 0 radical (unpaired) electrons. The molecule has 2 N–H and O–H groups in total. The first-order chi connectivity index (χ1) is 22.9. The summed E-state index contributed by atoms with van der Waals surface area (Å²) in [4.78, 5) is 39.5. The van der Waals surface area contributed by atoms with E-state index in [1.54, 1.807) is 30.6 Å². The summed E-state index contributed by atoms with van der Waals surface area (Å²) in [5, 5.41) is 11.3. The zero-order valence-corrected chi connectivity index (χ0v) is 26.4. The van der Waals surface area contributed by atoms with Crippen molar-refractivity contribution in [1.82, 2.24) is 30.0 Å². The molecule has 2 aliphatic rings. The number of nitrogens with one attached hydrogen (secondary N) is 2. The van der Waals surface area contributed by atoms with Gasteiger partial charge in [-0.3, -0.25) is 19.6 Å². The van der Waals surface area contributed by atoms with Crippen LogP contribution in [0.15, 0.2) is 91.3 Å². The van der Waals surface area contributed by atoms with Gasteiger partial charge in [-0.2, -0.15) is 5.10 Å². The second-order valence-corrected chi connectivity index (χ2v) is 12.4. The topological polar surface area (TPSA) is 107 Å². The number of nitrogens with zero attached hydrogens (tertiary/aromatic N) is 5. The quantitative estimate of drug-likeness (QED) is 0.199. The molecule has 1 atom stereocenters. The minimum atomic E-state index is -0.821. The molecule has 0 spiro atoms. The van der Waals surface area contributed by atoms with E-state index in [2.05, 4.69) is 43.7 Å². The van der Waals surface area contributed by atoms with Gasteiger partial charge >= 0.3 is 0 Å². The van der Waals surface area contributed by atoms with E-state index in [4.69, 9.17) is 11.6 Å². The fourth-order valence-corrected chi connectivity index (χ4v) is 6.70. The van der Waals surface area contributed by atoms with Crippen molar-refractivity contribution >= 4 is 45.6 Å². The molecule has 2 aromatic heterocycles. The van der Waals surface area contributed by atoms with E-state index in [0.717, 1.165) is 34.0 Å². The van der Waals surface area contributed by atoms with Crippen LogP contribution >= 0.6 is 11.6 Å². The Labute approximate surface area is 276 Å². The van der Waals surface area contributed by atoms with Gasteiger partial charge in [-0.05, 0) is 79.1 Å². The van der Waals surface area contributed by atoms with Crippen LogP contribution in [0.5, 0.6) is 0 Å². The smallest absolute Gasteiger partial charge is 0.237 e. The average molecular weight is 650 g/mol. The highest BCUT2D eigenvalue weighted by Crippen LogP contribution is 2.35. The SMILES string of the molecule is O=C(CN1CC[C@@](CCl)(C(=O)Nc2ccc3[nH]nc(-c4ccc(F)cc4)c3c2)C1)N1CC=C(c2ccc(-c3ncccn3)cc2)CC1. The van der Waals surface area contributed by atoms with E-state index >= 15 is 0 Å². The van der Waals surface area contributed by atoms with Crippen molar-refractivity contribution in [3.05, 3.63) is 103 Å². The number of fused-ring (bicyclic) bond motifs is 1. The highest BCUT2D eigenvalue weighted by molar-refractivity contribution is 6.20. The maximum Gasteiger partial charge on any atom is 0.237 e. The van der Waals surface area contributed by atoms with E-state index in [1.807, 2.05) is 40.1 Å². The van der Waals surface area contributed by atoms with Crippen LogP contribution in [0.3, 0.4) is 0 Å². The molecule has 4 heterocycles. The summed E-state index contributed by atoms with van der Waals surface area (Å²) in [6, 6.07) is 21.7. The van der Waals surface area contributed by atoms with Gasteiger partial charge in [0.1, 0.15) is 5.82 Å². The number of hydrogen-bond acceptors (Lipinski definition) is 6. The maximum absolute atomic E-state index is 13.6. The molecule has 238 valence electrons. The molecule has 47 heavy (non-hydrogen) atoms. The number of carbonyl (C=O) groups is 2. The molecule has 5 aromatic rings. The molecule has 0 bridgehead atoms. The zero-order valence-electron chi connectivity index (χ0n) is 25.6. The number of hydrogen-bond donors (Lipinski definition) is 2. The number of aromatic amines is 1. The molecule has 2 aliphatic heterocycles. The fraction of sp³-hybridized carbons (Fsp3) is 0.250. The number of H-pyrrole nitrogens is 1.